The lowest BCUT2D eigenvalue weighted by atomic mass is 9.70. The monoisotopic (exact) mass is 670 g/mol. The molecule has 3 saturated heterocycles. The number of likely N-dealkylation sites (tertiary alicyclic amines) is 1. The van der Waals surface area contributed by atoms with Crippen LogP contribution in [0.15, 0.2) is 54.6 Å². The number of carbonyl (C=O) groups excluding carboxylic acids is 3. The Labute approximate surface area is 267 Å². The third-order valence-corrected chi connectivity index (χ3v) is 12.4. The number of fused-ring (bicyclic) bond motifs is 1. The van der Waals surface area contributed by atoms with E-state index >= 15 is 0 Å². The summed E-state index contributed by atoms with van der Waals surface area (Å²) in [5.41, 5.74) is 2.79. The van der Waals surface area contributed by atoms with E-state index in [2.05, 4.69) is 45.3 Å². The highest BCUT2D eigenvalue weighted by Gasteiger charge is 2.75. The van der Waals surface area contributed by atoms with Gasteiger partial charge in [0.1, 0.15) is 6.04 Å². The van der Waals surface area contributed by atoms with Gasteiger partial charge in [0.25, 0.3) is 0 Å². The van der Waals surface area contributed by atoms with E-state index in [4.69, 9.17) is 0 Å². The SMILES string of the molecule is CCN(CC)c1ccc(NC(=O)C2N(CCCCCCO)C(=O)[C@@H]3[C@@H](C(=O)NCc4ccccc4)[C@@H]4SC23CC4Br)cc1. The molecule has 10 heteroatoms. The molecule has 0 radical (unpaired) electrons. The number of halogens is 1. The van der Waals surface area contributed by atoms with E-state index in [-0.39, 0.29) is 34.4 Å². The smallest absolute Gasteiger partial charge is 0.248 e. The fraction of sp³-hybridized carbons (Fsp3) is 0.545. The molecule has 8 nitrogen and oxygen atoms in total. The molecule has 1 spiro atoms. The fourth-order valence-electron chi connectivity index (χ4n) is 7.18. The third kappa shape index (κ3) is 6.33. The summed E-state index contributed by atoms with van der Waals surface area (Å²) in [5, 5.41) is 15.3. The molecule has 3 heterocycles. The number of unbranched alkanes of at least 4 members (excludes halogenated alkanes) is 3. The van der Waals surface area contributed by atoms with Gasteiger partial charge in [0, 0.05) is 54.2 Å². The Morgan fingerprint density at radius 1 is 1.02 bits per heavy atom. The molecule has 3 fully saturated rings. The first-order valence-electron chi connectivity index (χ1n) is 15.5. The summed E-state index contributed by atoms with van der Waals surface area (Å²) in [6.07, 6.45) is 3.85. The van der Waals surface area contributed by atoms with Crippen molar-refractivity contribution in [2.45, 2.75) is 73.4 Å². The lowest BCUT2D eigenvalue weighted by Gasteiger charge is -2.35. The largest absolute Gasteiger partial charge is 0.396 e. The normalized spacial score (nSPS) is 27.3. The quantitative estimate of drug-likeness (QED) is 0.197. The van der Waals surface area contributed by atoms with E-state index in [9.17, 15) is 19.5 Å². The second-order valence-electron chi connectivity index (χ2n) is 11.7. The zero-order valence-electron chi connectivity index (χ0n) is 25.0. The summed E-state index contributed by atoms with van der Waals surface area (Å²) in [4.78, 5) is 46.2. The van der Waals surface area contributed by atoms with Crippen molar-refractivity contribution in [3.8, 4) is 0 Å². The Morgan fingerprint density at radius 3 is 2.40 bits per heavy atom. The number of nitrogens with one attached hydrogen (secondary N) is 2. The number of aliphatic hydroxyl groups excluding tert-OH is 1. The van der Waals surface area contributed by atoms with Crippen LogP contribution in [-0.4, -0.2) is 74.8 Å². The van der Waals surface area contributed by atoms with E-state index in [1.165, 1.54) is 0 Å². The van der Waals surface area contributed by atoms with Gasteiger partial charge in [0.15, 0.2) is 0 Å². The molecule has 6 atom stereocenters. The van der Waals surface area contributed by atoms with Crippen LogP contribution in [0.2, 0.25) is 0 Å². The topological polar surface area (TPSA) is 102 Å². The van der Waals surface area contributed by atoms with Crippen LogP contribution in [0.5, 0.6) is 0 Å². The van der Waals surface area contributed by atoms with E-state index in [1.807, 2.05) is 54.6 Å². The Kier molecular flexibility index (Phi) is 10.4. The summed E-state index contributed by atoms with van der Waals surface area (Å²) < 4.78 is -0.680. The maximum absolute atomic E-state index is 14.2. The number of thioether (sulfide) groups is 1. The molecule has 5 rings (SSSR count). The van der Waals surface area contributed by atoms with E-state index in [0.29, 0.717) is 25.2 Å². The number of amides is 3. The Hall–Kier alpha value is -2.56. The third-order valence-electron chi connectivity index (χ3n) is 9.22. The number of hydrogen-bond donors (Lipinski definition) is 3. The van der Waals surface area contributed by atoms with Crippen LogP contribution in [0.4, 0.5) is 11.4 Å². The van der Waals surface area contributed by atoms with Gasteiger partial charge in [-0.1, -0.05) is 59.1 Å². The highest BCUT2D eigenvalue weighted by Crippen LogP contribution is 2.67. The minimum Gasteiger partial charge on any atom is -0.396 e. The van der Waals surface area contributed by atoms with Gasteiger partial charge < -0.3 is 25.5 Å². The van der Waals surface area contributed by atoms with Crippen molar-refractivity contribution in [2.24, 2.45) is 11.8 Å². The van der Waals surface area contributed by atoms with Gasteiger partial charge in [0.05, 0.1) is 16.6 Å². The fourth-order valence-corrected chi connectivity index (χ4v) is 10.8. The van der Waals surface area contributed by atoms with Crippen molar-refractivity contribution in [3.63, 3.8) is 0 Å². The number of aliphatic hydroxyl groups is 1. The summed E-state index contributed by atoms with van der Waals surface area (Å²) in [7, 11) is 0. The summed E-state index contributed by atoms with van der Waals surface area (Å²) in [6, 6.07) is 17.0. The Morgan fingerprint density at radius 2 is 1.72 bits per heavy atom. The number of hydrogen-bond acceptors (Lipinski definition) is 6. The van der Waals surface area contributed by atoms with Crippen molar-refractivity contribution >= 4 is 56.8 Å². The van der Waals surface area contributed by atoms with Gasteiger partial charge in [-0.15, -0.1) is 11.8 Å². The van der Waals surface area contributed by atoms with Crippen molar-refractivity contribution in [2.75, 3.05) is 36.5 Å². The second kappa shape index (κ2) is 14.0. The molecule has 0 aliphatic carbocycles. The molecule has 3 aliphatic rings. The second-order valence-corrected chi connectivity index (χ2v) is 14.5. The van der Waals surface area contributed by atoms with E-state index < -0.39 is 22.6 Å². The van der Waals surface area contributed by atoms with Crippen LogP contribution < -0.4 is 15.5 Å². The molecule has 0 aromatic heterocycles. The predicted octanol–water partition coefficient (Wildman–Crippen LogP) is 4.81. The summed E-state index contributed by atoms with van der Waals surface area (Å²) in [5.74, 6) is -1.47. The molecular weight excluding hydrogens is 628 g/mol. The lowest BCUT2D eigenvalue weighted by molar-refractivity contribution is -0.139. The number of alkyl halides is 1. The molecule has 3 N–H and O–H groups in total. The van der Waals surface area contributed by atoms with Crippen LogP contribution in [0, 0.1) is 11.8 Å². The van der Waals surface area contributed by atoms with E-state index in [1.54, 1.807) is 16.7 Å². The standard InChI is InChI=1S/C33H43BrN4O4S/c1-3-37(4-2)24-16-14-23(15-17-24)36-31(41)29-33-20-25(34)28(43-33)26(30(40)35-21-22-12-8-7-9-13-22)27(33)32(42)38(29)18-10-5-6-11-19-39/h7-9,12-17,25-29,39H,3-6,10-11,18-21H2,1-2H3,(H,35,40)(H,36,41)/t25?,26-,27+,28-,29?,33?/m1/s1. The number of carbonyl (C=O) groups is 3. The zero-order chi connectivity index (χ0) is 30.6. The van der Waals surface area contributed by atoms with Crippen molar-refractivity contribution < 1.29 is 19.5 Å². The maximum Gasteiger partial charge on any atom is 0.248 e. The number of benzene rings is 2. The molecule has 2 aromatic carbocycles. The predicted molar refractivity (Wildman–Crippen MR) is 176 cm³/mol. The maximum atomic E-state index is 14.2. The number of anilines is 2. The highest BCUT2D eigenvalue weighted by molar-refractivity contribution is 9.09. The summed E-state index contributed by atoms with van der Waals surface area (Å²) >= 11 is 5.50. The minimum absolute atomic E-state index is 0.0298. The van der Waals surface area contributed by atoms with Crippen LogP contribution >= 0.6 is 27.7 Å². The first kappa shape index (κ1) is 31.9. The lowest BCUT2D eigenvalue weighted by Crippen LogP contribution is -2.53. The number of nitrogens with zero attached hydrogens (tertiary/aromatic N) is 2. The Balaban J connectivity index is 1.39. The van der Waals surface area contributed by atoms with Crippen molar-refractivity contribution in [1.82, 2.24) is 10.2 Å². The number of rotatable bonds is 14. The average molecular weight is 672 g/mol. The molecular formula is C33H43BrN4O4S. The molecule has 3 amide bonds. The van der Waals surface area contributed by atoms with Crippen molar-refractivity contribution in [1.29, 1.82) is 0 Å². The van der Waals surface area contributed by atoms with E-state index in [0.717, 1.165) is 50.0 Å². The van der Waals surface area contributed by atoms with Gasteiger partial charge in [-0.2, -0.15) is 0 Å². The molecule has 3 aliphatic heterocycles. The average Bonchev–Trinajstić information content (AvgIpc) is 3.61. The van der Waals surface area contributed by atoms with Gasteiger partial charge in [-0.25, -0.2) is 0 Å². The first-order chi connectivity index (χ1) is 20.8. The molecule has 232 valence electrons. The summed E-state index contributed by atoms with van der Waals surface area (Å²) in [6.45, 7) is 7.03. The zero-order valence-corrected chi connectivity index (χ0v) is 27.4. The van der Waals surface area contributed by atoms with Gasteiger partial charge in [-0.3, -0.25) is 14.4 Å². The Bertz CT molecular complexity index is 1280. The van der Waals surface area contributed by atoms with Crippen molar-refractivity contribution in [3.05, 3.63) is 60.2 Å². The molecule has 0 saturated carbocycles. The molecule has 3 unspecified atom stereocenters. The van der Waals surface area contributed by atoms with Crippen LogP contribution in [0.1, 0.15) is 51.5 Å². The molecule has 2 bridgehead atoms. The van der Waals surface area contributed by atoms with Gasteiger partial charge in [-0.05, 0) is 62.9 Å². The first-order valence-corrected chi connectivity index (χ1v) is 17.3. The van der Waals surface area contributed by atoms with Gasteiger partial charge in [0.2, 0.25) is 17.7 Å². The molecule has 43 heavy (non-hydrogen) atoms. The molecule has 2 aromatic rings. The minimum atomic E-state index is -0.680. The van der Waals surface area contributed by atoms with Crippen LogP contribution in [-0.2, 0) is 20.9 Å². The van der Waals surface area contributed by atoms with Crippen LogP contribution in [0.3, 0.4) is 0 Å². The van der Waals surface area contributed by atoms with Crippen LogP contribution in [0.25, 0.3) is 0 Å². The highest BCUT2D eigenvalue weighted by atomic mass is 79.9. The van der Waals surface area contributed by atoms with Gasteiger partial charge >= 0.3 is 0 Å².